The number of halogens is 2. The molecule has 0 aliphatic heterocycles. The topological polar surface area (TPSA) is 25.8 Å². The van der Waals surface area contributed by atoms with E-state index in [1.165, 1.54) is 0 Å². The van der Waals surface area contributed by atoms with Gasteiger partial charge in [-0.15, -0.1) is 10.2 Å². The van der Waals surface area contributed by atoms with Crippen molar-refractivity contribution in [3.8, 4) is 0 Å². The van der Waals surface area contributed by atoms with Crippen molar-refractivity contribution in [1.82, 2.24) is 10.2 Å². The van der Waals surface area contributed by atoms with Crippen molar-refractivity contribution in [2.24, 2.45) is 5.92 Å². The Morgan fingerprint density at radius 2 is 1.85 bits per heavy atom. The summed E-state index contributed by atoms with van der Waals surface area (Å²) in [6.45, 7) is 2.13. The van der Waals surface area contributed by atoms with Gasteiger partial charge in [0, 0.05) is 10.4 Å². The van der Waals surface area contributed by atoms with Gasteiger partial charge in [0.25, 0.3) is 0 Å². The second-order valence-corrected chi connectivity index (χ2v) is 3.91. The van der Waals surface area contributed by atoms with E-state index in [-0.39, 0.29) is 0 Å². The summed E-state index contributed by atoms with van der Waals surface area (Å²) in [6.07, 6.45) is 5.12. The van der Waals surface area contributed by atoms with E-state index in [2.05, 4.69) is 29.3 Å². The van der Waals surface area contributed by atoms with Crippen LogP contribution in [-0.4, -0.2) is 10.2 Å². The van der Waals surface area contributed by atoms with Crippen molar-refractivity contribution >= 4 is 35.4 Å². The molecule has 68 valence electrons. The number of nitrogens with zero attached hydrogens (tertiary/aromatic N) is 2. The van der Waals surface area contributed by atoms with E-state index < -0.39 is 0 Å². The van der Waals surface area contributed by atoms with E-state index in [0.717, 1.165) is 16.9 Å². The van der Waals surface area contributed by atoms with Crippen molar-refractivity contribution in [3.63, 3.8) is 0 Å². The van der Waals surface area contributed by atoms with Gasteiger partial charge in [0.05, 0.1) is 0 Å². The predicted octanol–water partition coefficient (Wildman–Crippen LogP) is 1.38. The van der Waals surface area contributed by atoms with Crippen LogP contribution in [0.4, 0.5) is 0 Å². The molecule has 0 radical (unpaired) electrons. The third kappa shape index (κ3) is 1.56. The summed E-state index contributed by atoms with van der Waals surface area (Å²) < 4.78 is 0. The summed E-state index contributed by atoms with van der Waals surface area (Å²) in [6, 6.07) is 0. The van der Waals surface area contributed by atoms with Crippen LogP contribution in [0.25, 0.3) is 12.2 Å². The first kappa shape index (κ1) is 8.97. The molecule has 4 heteroatoms. The lowest BCUT2D eigenvalue weighted by molar-refractivity contribution is 0.796. The number of hydrogen-bond acceptors (Lipinski definition) is 2. The minimum Gasteiger partial charge on any atom is -0.136 e. The smallest absolute Gasteiger partial charge is 0.136 e. The Hall–Kier alpha value is -0.600. The first-order valence-corrected chi connectivity index (χ1v) is 4.84. The molecule has 0 bridgehead atoms. The van der Waals surface area contributed by atoms with Crippen LogP contribution in [-0.2, 0) is 0 Å². The second kappa shape index (κ2) is 3.28. The SMILES string of the molecule is CC1C=c2c(Cl)nnc(Cl)c2=CC1. The molecular formula is C9H8Cl2N2. The van der Waals surface area contributed by atoms with Gasteiger partial charge in [0.1, 0.15) is 0 Å². The number of hydrogen-bond donors (Lipinski definition) is 0. The van der Waals surface area contributed by atoms with Gasteiger partial charge in [0.2, 0.25) is 0 Å². The molecule has 0 aromatic carbocycles. The van der Waals surface area contributed by atoms with E-state index >= 15 is 0 Å². The highest BCUT2D eigenvalue weighted by molar-refractivity contribution is 6.31. The Morgan fingerprint density at radius 3 is 2.54 bits per heavy atom. The molecule has 1 atom stereocenters. The molecule has 1 aromatic rings. The van der Waals surface area contributed by atoms with Gasteiger partial charge in [0.15, 0.2) is 10.3 Å². The zero-order chi connectivity index (χ0) is 9.42. The molecule has 1 aromatic heterocycles. The summed E-state index contributed by atoms with van der Waals surface area (Å²) in [7, 11) is 0. The maximum Gasteiger partial charge on any atom is 0.159 e. The highest BCUT2D eigenvalue weighted by Gasteiger charge is 2.08. The Labute approximate surface area is 85.9 Å². The molecule has 2 rings (SSSR count). The van der Waals surface area contributed by atoms with Crippen molar-refractivity contribution in [1.29, 1.82) is 0 Å². The zero-order valence-electron chi connectivity index (χ0n) is 7.09. The molecule has 0 saturated heterocycles. The highest BCUT2D eigenvalue weighted by atomic mass is 35.5. The van der Waals surface area contributed by atoms with Crippen LogP contribution in [0.2, 0.25) is 10.3 Å². The molecule has 0 amide bonds. The average Bonchev–Trinajstić information content (AvgIpc) is 2.12. The van der Waals surface area contributed by atoms with E-state index in [1.54, 1.807) is 0 Å². The van der Waals surface area contributed by atoms with E-state index in [4.69, 9.17) is 23.2 Å². The summed E-state index contributed by atoms with van der Waals surface area (Å²) in [4.78, 5) is 0. The van der Waals surface area contributed by atoms with Crippen molar-refractivity contribution in [2.45, 2.75) is 13.3 Å². The summed E-state index contributed by atoms with van der Waals surface area (Å²) in [5.41, 5.74) is 0. The molecule has 1 aliphatic carbocycles. The third-order valence-corrected chi connectivity index (χ3v) is 2.66. The van der Waals surface area contributed by atoms with E-state index in [9.17, 15) is 0 Å². The number of rotatable bonds is 0. The second-order valence-electron chi connectivity index (χ2n) is 3.19. The van der Waals surface area contributed by atoms with Crippen LogP contribution in [0.5, 0.6) is 0 Å². The molecule has 1 heterocycles. The fourth-order valence-corrected chi connectivity index (χ4v) is 1.85. The summed E-state index contributed by atoms with van der Waals surface area (Å²) in [5.74, 6) is 0.491. The summed E-state index contributed by atoms with van der Waals surface area (Å²) in [5, 5.41) is 10.2. The fourth-order valence-electron chi connectivity index (χ4n) is 1.43. The Morgan fingerprint density at radius 1 is 1.23 bits per heavy atom. The zero-order valence-corrected chi connectivity index (χ0v) is 8.60. The molecule has 1 aliphatic rings. The Balaban J connectivity index is 2.85. The predicted molar refractivity (Wildman–Crippen MR) is 54.0 cm³/mol. The minimum atomic E-state index is 0.433. The standard InChI is InChI=1S/C9H8Cl2N2/c1-5-2-3-6-7(4-5)9(11)13-12-8(6)10/h3-5H,2H2,1H3. The van der Waals surface area contributed by atoms with Crippen LogP contribution in [0.15, 0.2) is 0 Å². The van der Waals surface area contributed by atoms with Crippen LogP contribution in [0.3, 0.4) is 0 Å². The van der Waals surface area contributed by atoms with Crippen LogP contribution < -0.4 is 10.4 Å². The normalized spacial score (nSPS) is 20.1. The molecule has 2 nitrogen and oxygen atoms in total. The summed E-state index contributed by atoms with van der Waals surface area (Å²) >= 11 is 11.8. The Kier molecular flexibility index (Phi) is 2.26. The molecule has 0 fully saturated rings. The number of aromatic nitrogens is 2. The molecule has 13 heavy (non-hydrogen) atoms. The van der Waals surface area contributed by atoms with Crippen molar-refractivity contribution in [2.75, 3.05) is 0 Å². The molecular weight excluding hydrogens is 207 g/mol. The van der Waals surface area contributed by atoms with Crippen LogP contribution in [0.1, 0.15) is 13.3 Å². The fraction of sp³-hybridized carbons (Fsp3) is 0.333. The van der Waals surface area contributed by atoms with Crippen molar-refractivity contribution < 1.29 is 0 Å². The van der Waals surface area contributed by atoms with Gasteiger partial charge in [-0.1, -0.05) is 42.3 Å². The monoisotopic (exact) mass is 214 g/mol. The molecule has 0 N–H and O–H groups in total. The van der Waals surface area contributed by atoms with Gasteiger partial charge in [-0.05, 0) is 12.3 Å². The van der Waals surface area contributed by atoms with Gasteiger partial charge < -0.3 is 0 Å². The van der Waals surface area contributed by atoms with Gasteiger partial charge >= 0.3 is 0 Å². The quantitative estimate of drug-likeness (QED) is 0.653. The highest BCUT2D eigenvalue weighted by Crippen LogP contribution is 2.09. The molecule has 1 unspecified atom stereocenters. The van der Waals surface area contributed by atoms with Crippen LogP contribution in [0, 0.1) is 5.92 Å². The first-order valence-electron chi connectivity index (χ1n) is 4.08. The Bertz CT molecular complexity index is 453. The molecule has 0 spiro atoms. The minimum absolute atomic E-state index is 0.433. The maximum absolute atomic E-state index is 5.90. The first-order chi connectivity index (χ1) is 6.18. The molecule has 0 saturated carbocycles. The maximum atomic E-state index is 5.90. The van der Waals surface area contributed by atoms with Gasteiger partial charge in [-0.25, -0.2) is 0 Å². The largest absolute Gasteiger partial charge is 0.159 e. The van der Waals surface area contributed by atoms with Gasteiger partial charge in [-0.3, -0.25) is 0 Å². The number of fused-ring (bicyclic) bond motifs is 1. The van der Waals surface area contributed by atoms with Crippen LogP contribution >= 0.6 is 23.2 Å². The average molecular weight is 215 g/mol. The van der Waals surface area contributed by atoms with Crippen molar-refractivity contribution in [3.05, 3.63) is 20.7 Å². The van der Waals surface area contributed by atoms with Gasteiger partial charge in [-0.2, -0.15) is 0 Å². The lowest BCUT2D eigenvalue weighted by Crippen LogP contribution is -2.32. The van der Waals surface area contributed by atoms with E-state index in [1.807, 2.05) is 0 Å². The lowest BCUT2D eigenvalue weighted by Gasteiger charge is -2.07. The third-order valence-electron chi connectivity index (χ3n) is 2.11. The van der Waals surface area contributed by atoms with E-state index in [0.29, 0.717) is 16.2 Å². The lowest BCUT2D eigenvalue weighted by atomic mass is 10.0.